The molecule has 0 spiro atoms. The molecule has 4 nitrogen and oxygen atoms in total. The highest BCUT2D eigenvalue weighted by atomic mass is 35.5. The monoisotopic (exact) mass is 244 g/mol. The van der Waals surface area contributed by atoms with Gasteiger partial charge in [-0.15, -0.1) is 0 Å². The molecule has 0 atom stereocenters. The number of aryl methyl sites for hydroxylation is 1. The SMILES string of the molecule is Cc1ccn(-c2cc(Cl)c3cccnc3n2)n1. The van der Waals surface area contributed by atoms with Crippen LogP contribution in [0.3, 0.4) is 0 Å². The second kappa shape index (κ2) is 3.82. The van der Waals surface area contributed by atoms with Gasteiger partial charge in [0.15, 0.2) is 11.5 Å². The first-order valence-electron chi connectivity index (χ1n) is 5.18. The van der Waals surface area contributed by atoms with E-state index >= 15 is 0 Å². The normalized spacial score (nSPS) is 10.9. The molecule has 0 N–H and O–H groups in total. The number of aromatic nitrogens is 4. The Morgan fingerprint density at radius 2 is 2.18 bits per heavy atom. The first-order valence-corrected chi connectivity index (χ1v) is 5.56. The van der Waals surface area contributed by atoms with Crippen molar-refractivity contribution in [2.75, 3.05) is 0 Å². The third-order valence-corrected chi connectivity index (χ3v) is 2.79. The van der Waals surface area contributed by atoms with E-state index in [-0.39, 0.29) is 0 Å². The molecule has 0 radical (unpaired) electrons. The number of hydrogen-bond acceptors (Lipinski definition) is 3. The smallest absolute Gasteiger partial charge is 0.163 e. The maximum Gasteiger partial charge on any atom is 0.163 e. The van der Waals surface area contributed by atoms with Crippen molar-refractivity contribution in [3.63, 3.8) is 0 Å². The molecule has 0 amide bonds. The summed E-state index contributed by atoms with van der Waals surface area (Å²) in [4.78, 5) is 8.62. The first kappa shape index (κ1) is 10.2. The van der Waals surface area contributed by atoms with Gasteiger partial charge in [0, 0.05) is 23.8 Å². The summed E-state index contributed by atoms with van der Waals surface area (Å²) < 4.78 is 1.69. The summed E-state index contributed by atoms with van der Waals surface area (Å²) >= 11 is 6.20. The highest BCUT2D eigenvalue weighted by Crippen LogP contribution is 2.22. The summed E-state index contributed by atoms with van der Waals surface area (Å²) in [5, 5.41) is 5.78. The number of fused-ring (bicyclic) bond motifs is 1. The first-order chi connectivity index (χ1) is 8.24. The molecule has 3 aromatic heterocycles. The van der Waals surface area contributed by atoms with Crippen molar-refractivity contribution in [3.8, 4) is 5.82 Å². The fraction of sp³-hybridized carbons (Fsp3) is 0.0833. The highest BCUT2D eigenvalue weighted by molar-refractivity contribution is 6.35. The Morgan fingerprint density at radius 3 is 2.94 bits per heavy atom. The Labute approximate surface area is 103 Å². The Morgan fingerprint density at radius 1 is 1.29 bits per heavy atom. The van der Waals surface area contributed by atoms with Gasteiger partial charge in [0.2, 0.25) is 0 Å². The lowest BCUT2D eigenvalue weighted by atomic mass is 10.3. The van der Waals surface area contributed by atoms with Crippen LogP contribution in [0.1, 0.15) is 5.69 Å². The molecule has 17 heavy (non-hydrogen) atoms. The summed E-state index contributed by atoms with van der Waals surface area (Å²) in [7, 11) is 0. The molecule has 0 aromatic carbocycles. The van der Waals surface area contributed by atoms with Crippen molar-refractivity contribution in [1.82, 2.24) is 19.7 Å². The average Bonchev–Trinajstić information content (AvgIpc) is 2.76. The molecule has 0 saturated carbocycles. The number of rotatable bonds is 1. The van der Waals surface area contributed by atoms with Crippen molar-refractivity contribution >= 4 is 22.6 Å². The van der Waals surface area contributed by atoms with Crippen LogP contribution in [0.5, 0.6) is 0 Å². The van der Waals surface area contributed by atoms with E-state index in [0.29, 0.717) is 16.5 Å². The second-order valence-electron chi connectivity index (χ2n) is 3.74. The van der Waals surface area contributed by atoms with Gasteiger partial charge in [-0.2, -0.15) is 5.10 Å². The maximum atomic E-state index is 6.20. The quantitative estimate of drug-likeness (QED) is 0.661. The minimum absolute atomic E-state index is 0.628. The van der Waals surface area contributed by atoms with Gasteiger partial charge in [-0.1, -0.05) is 11.6 Å². The van der Waals surface area contributed by atoms with Gasteiger partial charge in [-0.25, -0.2) is 14.6 Å². The van der Waals surface area contributed by atoms with Crippen molar-refractivity contribution in [1.29, 1.82) is 0 Å². The standard InChI is InChI=1S/C12H9ClN4/c1-8-4-6-17(16-8)11-7-10(13)9-3-2-5-14-12(9)15-11/h2-7H,1H3. The molecule has 3 aromatic rings. The van der Waals surface area contributed by atoms with E-state index < -0.39 is 0 Å². The minimum atomic E-state index is 0.628. The van der Waals surface area contributed by atoms with Crippen LogP contribution in [0.2, 0.25) is 5.02 Å². The lowest BCUT2D eigenvalue weighted by molar-refractivity contribution is 0.836. The zero-order valence-corrected chi connectivity index (χ0v) is 9.89. The van der Waals surface area contributed by atoms with E-state index in [1.54, 1.807) is 16.9 Å². The van der Waals surface area contributed by atoms with Crippen LogP contribution < -0.4 is 0 Å². The predicted molar refractivity (Wildman–Crippen MR) is 66.4 cm³/mol. The predicted octanol–water partition coefficient (Wildman–Crippen LogP) is 2.78. The van der Waals surface area contributed by atoms with E-state index in [2.05, 4.69) is 15.1 Å². The fourth-order valence-corrected chi connectivity index (χ4v) is 1.91. The van der Waals surface area contributed by atoms with Crippen LogP contribution in [0.4, 0.5) is 0 Å². The molecule has 5 heteroatoms. The van der Waals surface area contributed by atoms with Crippen molar-refractivity contribution in [3.05, 3.63) is 47.4 Å². The molecule has 3 heterocycles. The van der Waals surface area contributed by atoms with Crippen LogP contribution >= 0.6 is 11.6 Å². The van der Waals surface area contributed by atoms with Gasteiger partial charge in [-0.3, -0.25) is 0 Å². The molecule has 0 unspecified atom stereocenters. The molecular formula is C12H9ClN4. The fourth-order valence-electron chi connectivity index (χ4n) is 1.66. The lowest BCUT2D eigenvalue weighted by Gasteiger charge is -2.04. The average molecular weight is 245 g/mol. The zero-order valence-electron chi connectivity index (χ0n) is 9.13. The van der Waals surface area contributed by atoms with Gasteiger partial charge in [0.1, 0.15) is 0 Å². The molecule has 84 valence electrons. The molecule has 0 aliphatic heterocycles. The van der Waals surface area contributed by atoms with E-state index in [1.807, 2.05) is 31.3 Å². The van der Waals surface area contributed by atoms with Crippen molar-refractivity contribution in [2.24, 2.45) is 0 Å². The number of pyridine rings is 2. The molecular weight excluding hydrogens is 236 g/mol. The van der Waals surface area contributed by atoms with Gasteiger partial charge in [0.05, 0.1) is 10.7 Å². The summed E-state index contributed by atoms with van der Waals surface area (Å²) in [6.45, 7) is 1.93. The molecule has 0 saturated heterocycles. The largest absolute Gasteiger partial charge is 0.237 e. The number of halogens is 1. The Kier molecular flexibility index (Phi) is 2.30. The summed E-state index contributed by atoms with van der Waals surface area (Å²) in [5.74, 6) is 0.675. The van der Waals surface area contributed by atoms with E-state index in [1.165, 1.54) is 0 Å². The third-order valence-electron chi connectivity index (χ3n) is 2.48. The summed E-state index contributed by atoms with van der Waals surface area (Å²) in [6, 6.07) is 7.44. The third kappa shape index (κ3) is 1.76. The van der Waals surface area contributed by atoms with Crippen LogP contribution in [-0.4, -0.2) is 19.7 Å². The van der Waals surface area contributed by atoms with Crippen LogP contribution in [-0.2, 0) is 0 Å². The zero-order chi connectivity index (χ0) is 11.8. The van der Waals surface area contributed by atoms with Crippen molar-refractivity contribution < 1.29 is 0 Å². The van der Waals surface area contributed by atoms with Gasteiger partial charge < -0.3 is 0 Å². The molecule has 3 rings (SSSR count). The number of nitrogens with zero attached hydrogens (tertiary/aromatic N) is 4. The summed E-state index contributed by atoms with van der Waals surface area (Å²) in [5.41, 5.74) is 1.56. The molecule has 0 aliphatic rings. The van der Waals surface area contributed by atoms with Crippen molar-refractivity contribution in [2.45, 2.75) is 6.92 Å². The van der Waals surface area contributed by atoms with E-state index in [9.17, 15) is 0 Å². The summed E-state index contributed by atoms with van der Waals surface area (Å²) in [6.07, 6.45) is 3.55. The molecule has 0 aliphatic carbocycles. The van der Waals surface area contributed by atoms with Crippen LogP contribution in [0.15, 0.2) is 36.7 Å². The number of hydrogen-bond donors (Lipinski definition) is 0. The van der Waals surface area contributed by atoms with Crippen LogP contribution in [0.25, 0.3) is 16.9 Å². The topological polar surface area (TPSA) is 43.6 Å². The Hall–Kier alpha value is -1.94. The van der Waals surface area contributed by atoms with Gasteiger partial charge in [0.25, 0.3) is 0 Å². The highest BCUT2D eigenvalue weighted by Gasteiger charge is 2.06. The Bertz CT molecular complexity index is 690. The maximum absolute atomic E-state index is 6.20. The van der Waals surface area contributed by atoms with E-state index in [0.717, 1.165) is 11.1 Å². The molecule has 0 fully saturated rings. The minimum Gasteiger partial charge on any atom is -0.237 e. The van der Waals surface area contributed by atoms with Crippen LogP contribution in [0, 0.1) is 6.92 Å². The Balaban J connectivity index is 2.25. The molecule has 0 bridgehead atoms. The van der Waals surface area contributed by atoms with Gasteiger partial charge >= 0.3 is 0 Å². The van der Waals surface area contributed by atoms with E-state index in [4.69, 9.17) is 11.6 Å². The van der Waals surface area contributed by atoms with Gasteiger partial charge in [-0.05, 0) is 25.1 Å². The lowest BCUT2D eigenvalue weighted by Crippen LogP contribution is -1.99. The second-order valence-corrected chi connectivity index (χ2v) is 4.15.